The van der Waals surface area contributed by atoms with Gasteiger partial charge in [-0.3, -0.25) is 0 Å². The van der Waals surface area contributed by atoms with Crippen molar-refractivity contribution in [2.75, 3.05) is 32.2 Å². The average molecular weight is 297 g/mol. The maximum atomic E-state index is 12.4. The van der Waals surface area contributed by atoms with Gasteiger partial charge < -0.3 is 14.8 Å². The SMILES string of the molecule is COC1(CNc2nnc(C(F)(F)F)s2)CCOCC1. The Morgan fingerprint density at radius 1 is 1.37 bits per heavy atom. The topological polar surface area (TPSA) is 56.3 Å². The molecule has 0 unspecified atom stereocenters. The van der Waals surface area contributed by atoms with E-state index in [1.807, 2.05) is 0 Å². The Kier molecular flexibility index (Phi) is 4.26. The van der Waals surface area contributed by atoms with E-state index in [2.05, 4.69) is 15.5 Å². The molecule has 0 bridgehead atoms. The fourth-order valence-electron chi connectivity index (χ4n) is 1.84. The molecule has 2 heterocycles. The highest BCUT2D eigenvalue weighted by Crippen LogP contribution is 2.33. The molecule has 1 aliphatic rings. The molecule has 0 aromatic carbocycles. The third-order valence-electron chi connectivity index (χ3n) is 3.07. The normalized spacial score (nSPS) is 19.4. The van der Waals surface area contributed by atoms with Crippen molar-refractivity contribution in [3.63, 3.8) is 0 Å². The summed E-state index contributed by atoms with van der Waals surface area (Å²) in [6.45, 7) is 1.55. The van der Waals surface area contributed by atoms with Crippen LogP contribution >= 0.6 is 11.3 Å². The smallest absolute Gasteiger partial charge is 0.381 e. The van der Waals surface area contributed by atoms with Crippen LogP contribution in [0.15, 0.2) is 0 Å². The van der Waals surface area contributed by atoms with E-state index in [4.69, 9.17) is 9.47 Å². The number of aromatic nitrogens is 2. The summed E-state index contributed by atoms with van der Waals surface area (Å²) in [5.41, 5.74) is -0.414. The van der Waals surface area contributed by atoms with Crippen LogP contribution in [-0.2, 0) is 15.7 Å². The number of hydrogen-bond acceptors (Lipinski definition) is 6. The van der Waals surface area contributed by atoms with Crippen molar-refractivity contribution in [3.8, 4) is 0 Å². The lowest BCUT2D eigenvalue weighted by Crippen LogP contribution is -2.44. The average Bonchev–Trinajstić information content (AvgIpc) is 2.86. The number of halogens is 3. The quantitative estimate of drug-likeness (QED) is 0.923. The summed E-state index contributed by atoms with van der Waals surface area (Å²) in [5, 5.41) is 8.66. The summed E-state index contributed by atoms with van der Waals surface area (Å²) in [6, 6.07) is 0. The van der Waals surface area contributed by atoms with E-state index >= 15 is 0 Å². The first kappa shape index (κ1) is 14.5. The number of nitrogens with zero attached hydrogens (tertiary/aromatic N) is 2. The molecule has 1 aliphatic heterocycles. The van der Waals surface area contributed by atoms with Crippen LogP contribution in [0, 0.1) is 0 Å². The second kappa shape index (κ2) is 5.59. The van der Waals surface area contributed by atoms with Gasteiger partial charge in [0.25, 0.3) is 0 Å². The molecule has 19 heavy (non-hydrogen) atoms. The number of hydrogen-bond donors (Lipinski definition) is 1. The molecule has 0 spiro atoms. The van der Waals surface area contributed by atoms with Gasteiger partial charge in [-0.2, -0.15) is 13.2 Å². The van der Waals surface area contributed by atoms with E-state index in [0.717, 1.165) is 0 Å². The van der Waals surface area contributed by atoms with Crippen LogP contribution in [0.1, 0.15) is 17.8 Å². The van der Waals surface area contributed by atoms with E-state index in [1.54, 1.807) is 7.11 Å². The monoisotopic (exact) mass is 297 g/mol. The van der Waals surface area contributed by atoms with E-state index in [0.29, 0.717) is 43.9 Å². The molecule has 9 heteroatoms. The molecule has 0 aliphatic carbocycles. The van der Waals surface area contributed by atoms with Gasteiger partial charge in [-0.15, -0.1) is 10.2 Å². The van der Waals surface area contributed by atoms with Crippen molar-refractivity contribution in [2.24, 2.45) is 0 Å². The van der Waals surface area contributed by atoms with Crippen LogP contribution in [0.3, 0.4) is 0 Å². The minimum atomic E-state index is -4.45. The summed E-state index contributed by atoms with van der Waals surface area (Å²) >= 11 is 0.492. The Balaban J connectivity index is 1.96. The molecule has 1 aromatic heterocycles. The molecule has 0 atom stereocenters. The molecule has 5 nitrogen and oxygen atoms in total. The van der Waals surface area contributed by atoms with Gasteiger partial charge in [0, 0.05) is 39.7 Å². The molecule has 1 aromatic rings. The van der Waals surface area contributed by atoms with Crippen LogP contribution in [0.2, 0.25) is 0 Å². The molecule has 0 amide bonds. The molecule has 1 saturated heterocycles. The van der Waals surface area contributed by atoms with Gasteiger partial charge in [0.2, 0.25) is 10.1 Å². The number of anilines is 1. The third-order valence-corrected chi connectivity index (χ3v) is 3.99. The zero-order chi connectivity index (χ0) is 13.9. The largest absolute Gasteiger partial charge is 0.445 e. The van der Waals surface area contributed by atoms with Crippen molar-refractivity contribution < 1.29 is 22.6 Å². The maximum Gasteiger partial charge on any atom is 0.445 e. The second-order valence-corrected chi connectivity index (χ2v) is 5.24. The van der Waals surface area contributed by atoms with Gasteiger partial charge >= 0.3 is 6.18 Å². The van der Waals surface area contributed by atoms with E-state index in [1.165, 1.54) is 0 Å². The van der Waals surface area contributed by atoms with E-state index in [-0.39, 0.29) is 5.13 Å². The Morgan fingerprint density at radius 3 is 2.58 bits per heavy atom. The fraction of sp³-hybridized carbons (Fsp3) is 0.800. The molecular weight excluding hydrogens is 283 g/mol. The highest BCUT2D eigenvalue weighted by Gasteiger charge is 2.36. The Bertz CT molecular complexity index is 418. The van der Waals surface area contributed by atoms with Gasteiger partial charge in [-0.1, -0.05) is 11.3 Å². The number of nitrogens with one attached hydrogen (secondary N) is 1. The first-order valence-corrected chi connectivity index (χ1v) is 6.54. The summed E-state index contributed by atoms with van der Waals surface area (Å²) in [4.78, 5) is 0. The lowest BCUT2D eigenvalue weighted by atomic mass is 9.94. The van der Waals surface area contributed by atoms with Crippen molar-refractivity contribution in [2.45, 2.75) is 24.6 Å². The highest BCUT2D eigenvalue weighted by atomic mass is 32.1. The number of rotatable bonds is 4. The van der Waals surface area contributed by atoms with Gasteiger partial charge in [0.15, 0.2) is 0 Å². The minimum absolute atomic E-state index is 0.148. The summed E-state index contributed by atoms with van der Waals surface area (Å²) in [7, 11) is 1.59. The van der Waals surface area contributed by atoms with Gasteiger partial charge in [-0.05, 0) is 0 Å². The predicted octanol–water partition coefficient (Wildman–Crippen LogP) is 2.16. The van der Waals surface area contributed by atoms with Crippen LogP contribution in [-0.4, -0.2) is 42.7 Å². The van der Waals surface area contributed by atoms with Crippen LogP contribution in [0.25, 0.3) is 0 Å². The molecule has 2 rings (SSSR count). The van der Waals surface area contributed by atoms with Crippen LogP contribution in [0.5, 0.6) is 0 Å². The second-order valence-electron chi connectivity index (χ2n) is 4.26. The van der Waals surface area contributed by atoms with E-state index < -0.39 is 16.8 Å². The number of alkyl halides is 3. The van der Waals surface area contributed by atoms with Gasteiger partial charge in [0.1, 0.15) is 0 Å². The van der Waals surface area contributed by atoms with Crippen molar-refractivity contribution in [1.29, 1.82) is 0 Å². The first-order chi connectivity index (χ1) is 8.95. The molecule has 108 valence electrons. The first-order valence-electron chi connectivity index (χ1n) is 5.73. The standard InChI is InChI=1S/C10H14F3N3O2S/c1-17-9(2-4-18-5-3-9)6-14-8-16-15-7(19-8)10(11,12)13/h2-6H2,1H3,(H,14,16). The predicted molar refractivity (Wildman–Crippen MR) is 63.2 cm³/mol. The third kappa shape index (κ3) is 3.54. The lowest BCUT2D eigenvalue weighted by molar-refractivity contribution is -0.138. The van der Waals surface area contributed by atoms with Gasteiger partial charge in [0.05, 0.1) is 5.60 Å². The number of ether oxygens (including phenoxy) is 2. The van der Waals surface area contributed by atoms with Crippen molar-refractivity contribution >= 4 is 16.5 Å². The Labute approximate surface area is 112 Å². The maximum absolute atomic E-state index is 12.4. The highest BCUT2D eigenvalue weighted by molar-refractivity contribution is 7.15. The zero-order valence-electron chi connectivity index (χ0n) is 10.3. The van der Waals surface area contributed by atoms with Crippen molar-refractivity contribution in [1.82, 2.24) is 10.2 Å². The fourth-order valence-corrected chi connectivity index (χ4v) is 2.45. The molecule has 1 N–H and O–H groups in total. The van der Waals surface area contributed by atoms with Gasteiger partial charge in [-0.25, -0.2) is 0 Å². The van der Waals surface area contributed by atoms with Crippen molar-refractivity contribution in [3.05, 3.63) is 5.01 Å². The molecule has 0 saturated carbocycles. The van der Waals surface area contributed by atoms with Crippen LogP contribution in [0.4, 0.5) is 18.3 Å². The zero-order valence-corrected chi connectivity index (χ0v) is 11.1. The lowest BCUT2D eigenvalue weighted by Gasteiger charge is -2.35. The molecule has 0 radical (unpaired) electrons. The van der Waals surface area contributed by atoms with E-state index in [9.17, 15) is 13.2 Å². The summed E-state index contributed by atoms with van der Waals surface area (Å²) < 4.78 is 47.8. The number of methoxy groups -OCH3 is 1. The molecular formula is C10H14F3N3O2S. The molecule has 1 fully saturated rings. The Hall–Kier alpha value is -0.930. The summed E-state index contributed by atoms with van der Waals surface area (Å²) in [6.07, 6.45) is -3.06. The minimum Gasteiger partial charge on any atom is -0.381 e. The van der Waals surface area contributed by atoms with Crippen LogP contribution < -0.4 is 5.32 Å². The Morgan fingerprint density at radius 2 is 2.05 bits per heavy atom. The summed E-state index contributed by atoms with van der Waals surface area (Å²) in [5.74, 6) is 0.